The van der Waals surface area contributed by atoms with Crippen LogP contribution < -0.4 is 10.1 Å². The molecule has 4 heteroatoms. The average Bonchev–Trinajstić information content (AvgIpc) is 3.15. The standard InChI is InChI=1S/C24H23ClN2O/c25-21-11-9-18(10-12-21)17-28-24-8-4-1-5-20(24)15-26-14-13-19-16-27-23-7-3-2-6-22(19)23/h1-12,16,26-27H,13-15,17H2. The molecule has 0 unspecified atom stereocenters. The molecule has 0 spiro atoms. The van der Waals surface area contributed by atoms with Crippen molar-refractivity contribution < 1.29 is 4.74 Å². The molecule has 4 rings (SSSR count). The van der Waals surface area contributed by atoms with Crippen LogP contribution in [0.4, 0.5) is 0 Å². The highest BCUT2D eigenvalue weighted by atomic mass is 35.5. The lowest BCUT2D eigenvalue weighted by atomic mass is 10.1. The van der Waals surface area contributed by atoms with Gasteiger partial charge in [-0.25, -0.2) is 0 Å². The van der Waals surface area contributed by atoms with Crippen molar-refractivity contribution in [3.63, 3.8) is 0 Å². The molecule has 0 bridgehead atoms. The Kier molecular flexibility index (Phi) is 5.95. The van der Waals surface area contributed by atoms with Crippen molar-refractivity contribution in [3.05, 3.63) is 101 Å². The van der Waals surface area contributed by atoms with E-state index in [1.54, 1.807) is 0 Å². The summed E-state index contributed by atoms with van der Waals surface area (Å²) in [6.07, 6.45) is 3.09. The molecule has 4 aromatic rings. The zero-order valence-electron chi connectivity index (χ0n) is 15.6. The molecule has 1 aromatic heterocycles. The van der Waals surface area contributed by atoms with Crippen LogP contribution >= 0.6 is 11.6 Å². The fraction of sp³-hybridized carbons (Fsp3) is 0.167. The fourth-order valence-electron chi connectivity index (χ4n) is 3.32. The molecule has 0 aliphatic carbocycles. The predicted octanol–water partition coefficient (Wildman–Crippen LogP) is 5.73. The SMILES string of the molecule is Clc1ccc(COc2ccccc2CNCCc2c[nH]c3ccccc23)cc1. The Morgan fingerprint density at radius 2 is 1.64 bits per heavy atom. The van der Waals surface area contributed by atoms with Crippen LogP contribution in [0.5, 0.6) is 5.75 Å². The van der Waals surface area contributed by atoms with Crippen molar-refractivity contribution in [2.45, 2.75) is 19.6 Å². The van der Waals surface area contributed by atoms with Crippen molar-refractivity contribution in [1.82, 2.24) is 10.3 Å². The van der Waals surface area contributed by atoms with E-state index in [4.69, 9.17) is 16.3 Å². The van der Waals surface area contributed by atoms with Gasteiger partial charge >= 0.3 is 0 Å². The van der Waals surface area contributed by atoms with Crippen LogP contribution in [-0.2, 0) is 19.6 Å². The summed E-state index contributed by atoms with van der Waals surface area (Å²) in [5.74, 6) is 0.914. The van der Waals surface area contributed by atoms with Gasteiger partial charge in [-0.15, -0.1) is 0 Å². The number of nitrogens with one attached hydrogen (secondary N) is 2. The van der Waals surface area contributed by atoms with Crippen LogP contribution in [0.3, 0.4) is 0 Å². The van der Waals surface area contributed by atoms with E-state index in [0.717, 1.165) is 41.4 Å². The number of ether oxygens (including phenoxy) is 1. The van der Waals surface area contributed by atoms with Gasteiger partial charge in [0, 0.05) is 34.2 Å². The molecule has 0 amide bonds. The van der Waals surface area contributed by atoms with Crippen molar-refractivity contribution in [3.8, 4) is 5.75 Å². The Hall–Kier alpha value is -2.75. The second-order valence-electron chi connectivity index (χ2n) is 6.81. The smallest absolute Gasteiger partial charge is 0.124 e. The van der Waals surface area contributed by atoms with Gasteiger partial charge in [-0.3, -0.25) is 0 Å². The maximum Gasteiger partial charge on any atom is 0.124 e. The quantitative estimate of drug-likeness (QED) is 0.377. The number of hydrogen-bond acceptors (Lipinski definition) is 2. The topological polar surface area (TPSA) is 37.0 Å². The summed E-state index contributed by atoms with van der Waals surface area (Å²) in [6, 6.07) is 24.4. The molecule has 142 valence electrons. The van der Waals surface area contributed by atoms with Gasteiger partial charge < -0.3 is 15.0 Å². The lowest BCUT2D eigenvalue weighted by molar-refractivity contribution is 0.302. The molecule has 0 aliphatic heterocycles. The maximum absolute atomic E-state index is 6.04. The Balaban J connectivity index is 1.31. The number of H-pyrrole nitrogens is 1. The highest BCUT2D eigenvalue weighted by Crippen LogP contribution is 2.21. The molecule has 3 aromatic carbocycles. The molecule has 1 heterocycles. The van der Waals surface area contributed by atoms with Crippen LogP contribution in [0, 0.1) is 0 Å². The normalized spacial score (nSPS) is 11.0. The summed E-state index contributed by atoms with van der Waals surface area (Å²) in [7, 11) is 0. The number of aromatic nitrogens is 1. The second kappa shape index (κ2) is 8.96. The van der Waals surface area contributed by atoms with E-state index in [0.29, 0.717) is 6.61 Å². The number of hydrogen-bond donors (Lipinski definition) is 2. The van der Waals surface area contributed by atoms with Gasteiger partial charge in [0.15, 0.2) is 0 Å². The minimum absolute atomic E-state index is 0.531. The van der Waals surface area contributed by atoms with Crippen LogP contribution in [-0.4, -0.2) is 11.5 Å². The Morgan fingerprint density at radius 3 is 2.54 bits per heavy atom. The minimum Gasteiger partial charge on any atom is -0.489 e. The van der Waals surface area contributed by atoms with Crippen LogP contribution in [0.15, 0.2) is 79.0 Å². The summed E-state index contributed by atoms with van der Waals surface area (Å²) in [4.78, 5) is 3.34. The molecule has 0 radical (unpaired) electrons. The summed E-state index contributed by atoms with van der Waals surface area (Å²) in [6.45, 7) is 2.22. The first-order chi connectivity index (χ1) is 13.8. The van der Waals surface area contributed by atoms with Crippen LogP contribution in [0.2, 0.25) is 5.02 Å². The van der Waals surface area contributed by atoms with E-state index >= 15 is 0 Å². The summed E-state index contributed by atoms with van der Waals surface area (Å²) in [5.41, 5.74) is 4.80. The molecule has 0 saturated heterocycles. The maximum atomic E-state index is 6.04. The number of halogens is 1. The van der Waals surface area contributed by atoms with E-state index in [1.165, 1.54) is 16.5 Å². The summed E-state index contributed by atoms with van der Waals surface area (Å²) >= 11 is 5.94. The third-order valence-corrected chi connectivity index (χ3v) is 5.09. The highest BCUT2D eigenvalue weighted by molar-refractivity contribution is 6.30. The summed E-state index contributed by atoms with van der Waals surface area (Å²) < 4.78 is 6.04. The second-order valence-corrected chi connectivity index (χ2v) is 7.25. The van der Waals surface area contributed by atoms with Crippen LogP contribution in [0.1, 0.15) is 16.7 Å². The van der Waals surface area contributed by atoms with Gasteiger partial charge in [0.2, 0.25) is 0 Å². The zero-order valence-corrected chi connectivity index (χ0v) is 16.4. The van der Waals surface area contributed by atoms with Gasteiger partial charge in [0.1, 0.15) is 12.4 Å². The molecule has 3 nitrogen and oxygen atoms in total. The van der Waals surface area contributed by atoms with Gasteiger partial charge in [0.25, 0.3) is 0 Å². The molecule has 28 heavy (non-hydrogen) atoms. The number of para-hydroxylation sites is 2. The largest absolute Gasteiger partial charge is 0.489 e. The lowest BCUT2D eigenvalue weighted by Crippen LogP contribution is -2.17. The third-order valence-electron chi connectivity index (χ3n) is 4.84. The van der Waals surface area contributed by atoms with Gasteiger partial charge in [0.05, 0.1) is 0 Å². The fourth-order valence-corrected chi connectivity index (χ4v) is 3.44. The molecule has 2 N–H and O–H groups in total. The molecular weight excluding hydrogens is 368 g/mol. The Labute approximate surface area is 170 Å². The van der Waals surface area contributed by atoms with E-state index < -0.39 is 0 Å². The molecule has 0 fully saturated rings. The zero-order chi connectivity index (χ0) is 19.2. The highest BCUT2D eigenvalue weighted by Gasteiger charge is 2.05. The number of benzene rings is 3. The molecule has 0 aliphatic rings. The summed E-state index contributed by atoms with van der Waals surface area (Å²) in [5, 5.41) is 5.58. The van der Waals surface area contributed by atoms with Crippen molar-refractivity contribution in [2.75, 3.05) is 6.54 Å². The van der Waals surface area contributed by atoms with Gasteiger partial charge in [-0.1, -0.05) is 60.1 Å². The molecule has 0 atom stereocenters. The first kappa shape index (κ1) is 18.6. The van der Waals surface area contributed by atoms with Crippen LogP contribution in [0.25, 0.3) is 10.9 Å². The average molecular weight is 391 g/mol. The molecule has 0 saturated carbocycles. The number of rotatable bonds is 8. The van der Waals surface area contributed by atoms with E-state index in [9.17, 15) is 0 Å². The minimum atomic E-state index is 0.531. The first-order valence-electron chi connectivity index (χ1n) is 9.50. The Morgan fingerprint density at radius 1 is 0.857 bits per heavy atom. The van der Waals surface area contributed by atoms with E-state index in [2.05, 4.69) is 46.8 Å². The number of fused-ring (bicyclic) bond motifs is 1. The van der Waals surface area contributed by atoms with E-state index in [1.807, 2.05) is 42.5 Å². The predicted molar refractivity (Wildman–Crippen MR) is 116 cm³/mol. The van der Waals surface area contributed by atoms with Crippen molar-refractivity contribution >= 4 is 22.5 Å². The van der Waals surface area contributed by atoms with E-state index in [-0.39, 0.29) is 0 Å². The lowest BCUT2D eigenvalue weighted by Gasteiger charge is -2.12. The molecular formula is C24H23ClN2O. The van der Waals surface area contributed by atoms with Gasteiger partial charge in [-0.05, 0) is 48.4 Å². The Bertz CT molecular complexity index is 1040. The van der Waals surface area contributed by atoms with Crippen molar-refractivity contribution in [2.24, 2.45) is 0 Å². The van der Waals surface area contributed by atoms with Crippen molar-refractivity contribution in [1.29, 1.82) is 0 Å². The first-order valence-corrected chi connectivity index (χ1v) is 9.88. The number of aromatic amines is 1. The monoisotopic (exact) mass is 390 g/mol. The third kappa shape index (κ3) is 4.56. The van der Waals surface area contributed by atoms with Gasteiger partial charge in [-0.2, -0.15) is 0 Å².